The molecular weight excluding hydrogens is 295 g/mol. The maximum atomic E-state index is 13.3. The Labute approximate surface area is 130 Å². The van der Waals surface area contributed by atoms with Crippen LogP contribution in [0.5, 0.6) is 5.75 Å². The molecule has 1 aliphatic heterocycles. The van der Waals surface area contributed by atoms with E-state index in [2.05, 4.69) is 16.7 Å². The van der Waals surface area contributed by atoms with Gasteiger partial charge < -0.3 is 15.4 Å². The number of nitrogens with one attached hydrogen (secondary N) is 2. The van der Waals surface area contributed by atoms with E-state index in [9.17, 15) is 9.18 Å². The summed E-state index contributed by atoms with van der Waals surface area (Å²) in [5.74, 6) is -0.310. The minimum atomic E-state index is -0.409. The summed E-state index contributed by atoms with van der Waals surface area (Å²) < 4.78 is 18.5. The van der Waals surface area contributed by atoms with Crippen LogP contribution in [0.15, 0.2) is 35.9 Å². The van der Waals surface area contributed by atoms with E-state index in [0.29, 0.717) is 6.54 Å². The zero-order chi connectivity index (χ0) is 14.2. The summed E-state index contributed by atoms with van der Waals surface area (Å²) in [6.07, 6.45) is 3.28. The average molecular weight is 315 g/mol. The largest absolute Gasteiger partial charge is 0.490 e. The van der Waals surface area contributed by atoms with Crippen LogP contribution in [0.2, 0.25) is 0 Å². The van der Waals surface area contributed by atoms with Gasteiger partial charge in [-0.15, -0.1) is 12.4 Å². The molecule has 2 rings (SSSR count). The molecule has 0 aliphatic carbocycles. The highest BCUT2D eigenvalue weighted by Crippen LogP contribution is 2.15. The monoisotopic (exact) mass is 314 g/mol. The lowest BCUT2D eigenvalue weighted by Crippen LogP contribution is -2.30. The second kappa shape index (κ2) is 9.37. The van der Waals surface area contributed by atoms with Gasteiger partial charge in [-0.05, 0) is 25.1 Å². The quantitative estimate of drug-likeness (QED) is 0.790. The third-order valence-corrected chi connectivity index (χ3v) is 3.09. The van der Waals surface area contributed by atoms with Crippen molar-refractivity contribution in [2.45, 2.75) is 12.8 Å². The Kier molecular flexibility index (Phi) is 7.79. The number of hydrogen-bond acceptors (Lipinski definition) is 3. The molecule has 1 aromatic carbocycles. The maximum absolute atomic E-state index is 13.3. The molecule has 0 aromatic heterocycles. The SMILES string of the molecule is Cl.O=C(CCOc1ccccc1F)NCC1=CCNCC1. The first kappa shape index (κ1) is 17.5. The van der Waals surface area contributed by atoms with E-state index in [1.165, 1.54) is 11.6 Å². The highest BCUT2D eigenvalue weighted by molar-refractivity contribution is 5.85. The van der Waals surface area contributed by atoms with E-state index < -0.39 is 5.82 Å². The molecule has 2 N–H and O–H groups in total. The van der Waals surface area contributed by atoms with Crippen LogP contribution in [0.3, 0.4) is 0 Å². The van der Waals surface area contributed by atoms with Crippen molar-refractivity contribution in [1.29, 1.82) is 0 Å². The minimum Gasteiger partial charge on any atom is -0.490 e. The topological polar surface area (TPSA) is 50.4 Å². The lowest BCUT2D eigenvalue weighted by Gasteiger charge is -2.14. The van der Waals surface area contributed by atoms with Gasteiger partial charge in [-0.2, -0.15) is 0 Å². The Hall–Kier alpha value is -1.59. The van der Waals surface area contributed by atoms with Crippen LogP contribution in [0.25, 0.3) is 0 Å². The van der Waals surface area contributed by atoms with Gasteiger partial charge in [-0.25, -0.2) is 4.39 Å². The first-order chi connectivity index (χ1) is 9.75. The number of hydrogen-bond donors (Lipinski definition) is 2. The molecule has 0 fully saturated rings. The zero-order valence-electron chi connectivity index (χ0n) is 11.7. The van der Waals surface area contributed by atoms with Crippen LogP contribution in [0, 0.1) is 5.82 Å². The second-order valence-corrected chi connectivity index (χ2v) is 4.62. The summed E-state index contributed by atoms with van der Waals surface area (Å²) in [5.41, 5.74) is 1.24. The Morgan fingerprint density at radius 2 is 2.19 bits per heavy atom. The maximum Gasteiger partial charge on any atom is 0.223 e. The van der Waals surface area contributed by atoms with Gasteiger partial charge in [0.05, 0.1) is 13.0 Å². The number of carbonyl (C=O) groups excluding carboxylic acids is 1. The van der Waals surface area contributed by atoms with E-state index in [1.807, 2.05) is 0 Å². The fourth-order valence-corrected chi connectivity index (χ4v) is 1.95. The van der Waals surface area contributed by atoms with Crippen molar-refractivity contribution in [2.24, 2.45) is 0 Å². The highest BCUT2D eigenvalue weighted by Gasteiger charge is 2.07. The normalized spacial score (nSPS) is 13.9. The highest BCUT2D eigenvalue weighted by atomic mass is 35.5. The van der Waals surface area contributed by atoms with Crippen LogP contribution < -0.4 is 15.4 Å². The molecule has 6 heteroatoms. The Bertz CT molecular complexity index is 494. The van der Waals surface area contributed by atoms with E-state index in [1.54, 1.807) is 18.2 Å². The van der Waals surface area contributed by atoms with Crippen LogP contribution in [0.4, 0.5) is 4.39 Å². The third kappa shape index (κ3) is 6.14. The number of amides is 1. The fourth-order valence-electron chi connectivity index (χ4n) is 1.95. The summed E-state index contributed by atoms with van der Waals surface area (Å²) in [7, 11) is 0. The summed E-state index contributed by atoms with van der Waals surface area (Å²) in [5, 5.41) is 6.06. The molecule has 4 nitrogen and oxygen atoms in total. The van der Waals surface area contributed by atoms with E-state index >= 15 is 0 Å². The lowest BCUT2D eigenvalue weighted by molar-refractivity contribution is -0.121. The summed E-state index contributed by atoms with van der Waals surface area (Å²) >= 11 is 0. The van der Waals surface area contributed by atoms with Gasteiger partial charge in [0.15, 0.2) is 11.6 Å². The van der Waals surface area contributed by atoms with Crippen molar-refractivity contribution >= 4 is 18.3 Å². The molecule has 0 saturated carbocycles. The van der Waals surface area contributed by atoms with Crippen LogP contribution in [-0.4, -0.2) is 32.1 Å². The first-order valence-corrected chi connectivity index (χ1v) is 6.78. The van der Waals surface area contributed by atoms with Gasteiger partial charge in [0.1, 0.15) is 0 Å². The molecule has 1 aliphatic rings. The first-order valence-electron chi connectivity index (χ1n) is 6.78. The van der Waals surface area contributed by atoms with E-state index in [-0.39, 0.29) is 37.1 Å². The Morgan fingerprint density at radius 3 is 2.90 bits per heavy atom. The molecule has 0 radical (unpaired) electrons. The number of carbonyl (C=O) groups is 1. The van der Waals surface area contributed by atoms with Gasteiger partial charge in [-0.3, -0.25) is 4.79 Å². The smallest absolute Gasteiger partial charge is 0.223 e. The molecule has 0 saturated heterocycles. The van der Waals surface area contributed by atoms with Crippen LogP contribution >= 0.6 is 12.4 Å². The summed E-state index contributed by atoms with van der Waals surface area (Å²) in [6, 6.07) is 6.18. The molecule has 0 unspecified atom stereocenters. The number of benzene rings is 1. The second-order valence-electron chi connectivity index (χ2n) is 4.62. The van der Waals surface area contributed by atoms with Gasteiger partial charge in [0.25, 0.3) is 0 Å². The lowest BCUT2D eigenvalue weighted by atomic mass is 10.1. The van der Waals surface area contributed by atoms with Crippen LogP contribution in [0.1, 0.15) is 12.8 Å². The molecular formula is C15H20ClFN2O2. The molecule has 1 amide bonds. The Morgan fingerprint density at radius 1 is 1.38 bits per heavy atom. The molecule has 0 spiro atoms. The summed E-state index contributed by atoms with van der Waals surface area (Å²) in [4.78, 5) is 11.6. The number of rotatable bonds is 6. The van der Waals surface area contributed by atoms with Crippen LogP contribution in [-0.2, 0) is 4.79 Å². The molecule has 21 heavy (non-hydrogen) atoms. The number of halogens is 2. The van der Waals surface area contributed by atoms with Crippen molar-refractivity contribution < 1.29 is 13.9 Å². The van der Waals surface area contributed by atoms with Crippen molar-refractivity contribution in [3.63, 3.8) is 0 Å². The van der Waals surface area contributed by atoms with Gasteiger partial charge in [0.2, 0.25) is 5.91 Å². The standard InChI is InChI=1S/C15H19FN2O2.ClH/c16-13-3-1-2-4-14(13)20-10-7-15(19)18-11-12-5-8-17-9-6-12;/h1-5,17H,6-11H2,(H,18,19);1H. The molecule has 0 atom stereocenters. The number of ether oxygens (including phenoxy) is 1. The number of para-hydroxylation sites is 1. The average Bonchev–Trinajstić information content (AvgIpc) is 2.48. The predicted molar refractivity (Wildman–Crippen MR) is 82.3 cm³/mol. The Balaban J connectivity index is 0.00000220. The van der Waals surface area contributed by atoms with Gasteiger partial charge in [-0.1, -0.05) is 23.8 Å². The van der Waals surface area contributed by atoms with Gasteiger partial charge >= 0.3 is 0 Å². The molecule has 116 valence electrons. The van der Waals surface area contributed by atoms with Gasteiger partial charge in [0, 0.05) is 13.1 Å². The predicted octanol–water partition coefficient (Wildman–Crippen LogP) is 2.05. The van der Waals surface area contributed by atoms with E-state index in [0.717, 1.165) is 19.5 Å². The molecule has 1 heterocycles. The molecule has 0 bridgehead atoms. The molecule has 1 aromatic rings. The van der Waals surface area contributed by atoms with Crippen molar-refractivity contribution in [3.8, 4) is 5.75 Å². The van der Waals surface area contributed by atoms with Crippen molar-refractivity contribution in [2.75, 3.05) is 26.2 Å². The van der Waals surface area contributed by atoms with Crippen molar-refractivity contribution in [3.05, 3.63) is 41.7 Å². The zero-order valence-corrected chi connectivity index (χ0v) is 12.5. The fraction of sp³-hybridized carbons (Fsp3) is 0.400. The minimum absolute atomic E-state index is 0. The summed E-state index contributed by atoms with van der Waals surface area (Å²) in [6.45, 7) is 2.58. The van der Waals surface area contributed by atoms with E-state index in [4.69, 9.17) is 4.74 Å². The third-order valence-electron chi connectivity index (χ3n) is 3.09. The van der Waals surface area contributed by atoms with Crippen molar-refractivity contribution in [1.82, 2.24) is 10.6 Å².